The zero-order valence-electron chi connectivity index (χ0n) is 67.9. The monoisotopic (exact) mass is 1620 g/mol. The lowest BCUT2D eigenvalue weighted by Crippen LogP contribution is -2.63. The van der Waals surface area contributed by atoms with Gasteiger partial charge < -0.3 is 85.2 Å². The summed E-state index contributed by atoms with van der Waals surface area (Å²) in [4.78, 5) is 184. The van der Waals surface area contributed by atoms with Crippen molar-refractivity contribution in [1.82, 2.24) is 76.8 Å². The van der Waals surface area contributed by atoms with E-state index in [9.17, 15) is 28.8 Å². The van der Waals surface area contributed by atoms with Crippen molar-refractivity contribution in [3.63, 3.8) is 0 Å². The van der Waals surface area contributed by atoms with Crippen molar-refractivity contribution in [3.05, 3.63) is 148 Å². The Morgan fingerprint density at radius 3 is 2.21 bits per heavy atom. The second-order valence-corrected chi connectivity index (χ2v) is 32.5. The van der Waals surface area contributed by atoms with Crippen LogP contribution in [0.4, 0.5) is 4.39 Å². The number of quaternary nitrogens is 1. The molecule has 32 nitrogen and oxygen atoms in total. The van der Waals surface area contributed by atoms with Gasteiger partial charge in [0.05, 0.1) is 92.0 Å². The number of benzene rings is 4. The summed E-state index contributed by atoms with van der Waals surface area (Å²) in [6.45, 7) is 7.31. The Labute approximate surface area is 679 Å². The number of aromatic nitrogens is 4. The quantitative estimate of drug-likeness (QED) is 0.0537. The summed E-state index contributed by atoms with van der Waals surface area (Å²) in [5.41, 5.74) is 2.93. The van der Waals surface area contributed by atoms with E-state index in [0.29, 0.717) is 74.1 Å². The summed E-state index contributed by atoms with van der Waals surface area (Å²) in [7, 11) is 7.63. The standard InChI is InChI=1S/C84H109FN16O16/c1-52(2)75-79(109)92-66(40-55-16-19-63(114-8)20-17-55)82(112)100-29-11-27-84(100,4)83(113)86-28-24-54-12-9-15-58(38-54)47-96-31-32-98-50-62(94-95-98)49-97-48-60(64-44-61(85)18-21-68(64)97)42-67-81(111)99-30-25-70(76(99)80(110)93-75)117-51-73(105)87-45-57-14-10-13-56(39-57)41-65(78(108)91-67)90-77(107)59(43-69(102)53(3)89-72(104)22-23-74(96)106)46-88-71(103)26-34-115-36-37-116-35-33-101(5,6)7/h9-10,12-21,38-39,44,48,50,52-53,59,65-67,70,75-76H,11,22-37,40-43,45-47,49,51H2,1-8H3,(H7-,86,87,88,89,90,91,92,93,103,104,105,107,108,109,110,113)/p+1/t53-,59+,65-,66-,67-,70-,75-,76-,84-/m0/s1. The maximum Gasteiger partial charge on any atom is 0.246 e. The van der Waals surface area contributed by atoms with Crippen molar-refractivity contribution >= 4 is 81.7 Å². The van der Waals surface area contributed by atoms with Crippen LogP contribution < -0.4 is 47.3 Å². The second-order valence-electron chi connectivity index (χ2n) is 32.5. The number of Topliss-reactive ketones (excluding diaryl/α,β-unsaturated/α-hetero) is 1. The van der Waals surface area contributed by atoms with E-state index in [1.54, 1.807) is 102 Å². The van der Waals surface area contributed by atoms with Crippen LogP contribution in [0.2, 0.25) is 0 Å². The number of fused-ring (bicyclic) bond motifs is 10. The Hall–Kier alpha value is -11.0. The fourth-order valence-electron chi connectivity index (χ4n) is 15.5. The highest BCUT2D eigenvalue weighted by atomic mass is 19.1. The molecule has 5 aliphatic rings. The molecule has 628 valence electrons. The number of nitrogens with zero attached hydrogens (tertiary/aromatic N) is 8. The molecule has 0 unspecified atom stereocenters. The molecule has 4 aromatic carbocycles. The van der Waals surface area contributed by atoms with Gasteiger partial charge >= 0.3 is 0 Å². The fourth-order valence-corrected chi connectivity index (χ4v) is 15.5. The van der Waals surface area contributed by atoms with Crippen molar-refractivity contribution < 1.29 is 85.4 Å². The van der Waals surface area contributed by atoms with Gasteiger partial charge in [-0.3, -0.25) is 62.2 Å². The molecule has 5 aliphatic heterocycles. The van der Waals surface area contributed by atoms with Gasteiger partial charge in [-0.25, -0.2) is 4.39 Å². The Bertz CT molecular complexity index is 4600. The minimum atomic E-state index is -1.70. The molecule has 117 heavy (non-hydrogen) atoms. The average molecular weight is 1620 g/mol. The summed E-state index contributed by atoms with van der Waals surface area (Å²) < 4.78 is 43.2. The number of halogens is 1. The third-order valence-electron chi connectivity index (χ3n) is 22.2. The minimum Gasteiger partial charge on any atom is -0.497 e. The van der Waals surface area contributed by atoms with Gasteiger partial charge in [0.25, 0.3) is 0 Å². The van der Waals surface area contributed by atoms with Crippen molar-refractivity contribution in [2.75, 3.05) is 101 Å². The molecule has 0 saturated carbocycles. The molecular weight excluding hydrogens is 1510 g/mol. The number of methoxy groups -OCH3 is 1. The van der Waals surface area contributed by atoms with Crippen molar-refractivity contribution in [2.45, 2.75) is 172 Å². The topological polar surface area (TPSA) is 383 Å². The Balaban J connectivity index is 1.02. The summed E-state index contributed by atoms with van der Waals surface area (Å²) in [5, 5.41) is 32.2. The van der Waals surface area contributed by atoms with Crippen LogP contribution in [-0.2, 0) is 124 Å². The molecule has 0 spiro atoms. The molecular formula is C84H110FN16O16+. The maximum atomic E-state index is 16.4. The van der Waals surface area contributed by atoms with E-state index in [1.807, 2.05) is 45.4 Å². The first-order valence-electron chi connectivity index (χ1n) is 40.3. The van der Waals surface area contributed by atoms with Gasteiger partial charge in [0.2, 0.25) is 65.0 Å². The van der Waals surface area contributed by atoms with Crippen LogP contribution in [-0.4, -0.2) is 258 Å². The van der Waals surface area contributed by atoms with Crippen LogP contribution >= 0.6 is 0 Å². The Kier molecular flexibility index (Phi) is 29.5. The van der Waals surface area contributed by atoms with Gasteiger partial charge in [-0.15, -0.1) is 5.10 Å². The predicted molar refractivity (Wildman–Crippen MR) is 426 cm³/mol. The number of amides is 11. The van der Waals surface area contributed by atoms with Gasteiger partial charge in [0, 0.05) is 108 Å². The SMILES string of the molecule is COc1ccc(C[C@@H]2NC(=O)[C@H](C(C)C)NC(=O)[C@@H]3[C@@H]4CCN3C(=O)[C@@H]3Cc5cn(c6ccc(F)cc56)Cc5cn(nn5)CCN(Cc5cccc(c5)CCNC(=O)[C@]5(C)CCCN5C2=O)C(=O)CCC(=O)N[C@@H](C)C(=O)C[C@H](CNC(=O)CCOCCOCC[N+](C)(C)C)C(=O)N[C@@H](Cc2cccc(c2)CNC(=O)CO4)C(=O)N3)cc1. The zero-order valence-corrected chi connectivity index (χ0v) is 67.9. The second kappa shape index (κ2) is 39.7. The van der Waals surface area contributed by atoms with Crippen molar-refractivity contribution in [2.24, 2.45) is 11.8 Å². The zero-order chi connectivity index (χ0) is 83.7. The van der Waals surface area contributed by atoms with Gasteiger partial charge in [0.15, 0.2) is 5.78 Å². The van der Waals surface area contributed by atoms with Gasteiger partial charge in [-0.05, 0) is 109 Å². The number of carbonyl (C=O) groups excluding carboxylic acids is 12. The third kappa shape index (κ3) is 23.4. The maximum absolute atomic E-state index is 16.4. The molecule has 11 amide bonds. The first-order valence-corrected chi connectivity index (χ1v) is 40.3. The molecule has 8 N–H and O–H groups in total. The highest BCUT2D eigenvalue weighted by Crippen LogP contribution is 2.33. The van der Waals surface area contributed by atoms with Crippen LogP contribution in [0.3, 0.4) is 0 Å². The van der Waals surface area contributed by atoms with Crippen LogP contribution in [0, 0.1) is 17.7 Å². The number of hydrogen-bond acceptors (Lipinski definition) is 18. The molecule has 33 heteroatoms. The first-order chi connectivity index (χ1) is 56.0. The summed E-state index contributed by atoms with van der Waals surface area (Å²) >= 11 is 0. The highest BCUT2D eigenvalue weighted by molar-refractivity contribution is 6.00. The van der Waals surface area contributed by atoms with E-state index in [0.717, 1.165) is 12.1 Å². The van der Waals surface area contributed by atoms with E-state index in [-0.39, 0.29) is 117 Å². The average Bonchev–Trinajstić information content (AvgIpc) is 1.67. The third-order valence-corrected chi connectivity index (χ3v) is 22.2. The Morgan fingerprint density at radius 1 is 0.709 bits per heavy atom. The lowest BCUT2D eigenvalue weighted by atomic mass is 9.95. The number of ketones is 1. The van der Waals surface area contributed by atoms with Crippen molar-refractivity contribution in [1.29, 1.82) is 0 Å². The lowest BCUT2D eigenvalue weighted by Gasteiger charge is -2.37. The van der Waals surface area contributed by atoms with E-state index >= 15 is 33.2 Å². The molecule has 6 aromatic rings. The van der Waals surface area contributed by atoms with Crippen LogP contribution in [0.25, 0.3) is 10.9 Å². The molecule has 2 fully saturated rings. The molecule has 14 bridgehead atoms. The molecule has 9 atom stereocenters. The number of carbonyl (C=O) groups is 12. The number of likely N-dealkylation sites (N-methyl/N-ethyl adjacent to an activating group) is 1. The van der Waals surface area contributed by atoms with E-state index in [4.69, 9.17) is 18.9 Å². The molecule has 0 radical (unpaired) electrons. The van der Waals surface area contributed by atoms with Gasteiger partial charge in [-0.2, -0.15) is 0 Å². The van der Waals surface area contributed by atoms with Crippen LogP contribution in [0.15, 0.2) is 103 Å². The van der Waals surface area contributed by atoms with E-state index < -0.39 is 162 Å². The smallest absolute Gasteiger partial charge is 0.246 e. The molecule has 11 rings (SSSR count). The lowest BCUT2D eigenvalue weighted by molar-refractivity contribution is -0.870. The van der Waals surface area contributed by atoms with Crippen LogP contribution in [0.5, 0.6) is 5.75 Å². The molecule has 7 heterocycles. The van der Waals surface area contributed by atoms with Crippen molar-refractivity contribution in [3.8, 4) is 5.75 Å². The number of ether oxygens (including phenoxy) is 4. The number of rotatable bonds is 15. The fraction of sp³-hybridized carbons (Fsp3) is 0.524. The van der Waals surface area contributed by atoms with E-state index in [2.05, 4.69) is 52.8 Å². The number of nitrogens with one attached hydrogen (secondary N) is 8. The number of hydrogen-bond donors (Lipinski definition) is 8. The first kappa shape index (κ1) is 86.8. The summed E-state index contributed by atoms with van der Waals surface area (Å²) in [6.07, 6.45) is 0.866. The highest BCUT2D eigenvalue weighted by Gasteiger charge is 2.50. The molecule has 2 saturated heterocycles. The summed E-state index contributed by atoms with van der Waals surface area (Å²) in [6, 6.07) is 16.2. The minimum absolute atomic E-state index is 0.0219. The largest absolute Gasteiger partial charge is 0.497 e. The predicted octanol–water partition coefficient (Wildman–Crippen LogP) is 1.87. The van der Waals surface area contributed by atoms with Gasteiger partial charge in [0.1, 0.15) is 66.2 Å². The van der Waals surface area contributed by atoms with Gasteiger partial charge in [-0.1, -0.05) is 79.7 Å². The Morgan fingerprint density at radius 2 is 1.44 bits per heavy atom. The van der Waals surface area contributed by atoms with E-state index in [1.165, 1.54) is 36.0 Å². The molecule has 0 aliphatic carbocycles. The van der Waals surface area contributed by atoms with Crippen LogP contribution in [0.1, 0.15) is 112 Å². The molecule has 2 aromatic heterocycles. The summed E-state index contributed by atoms with van der Waals surface area (Å²) in [5.74, 6) is -10.7. The normalized spacial score (nSPS) is 23.9.